The van der Waals surface area contributed by atoms with Crippen molar-refractivity contribution in [1.29, 1.82) is 0 Å². The highest BCUT2D eigenvalue weighted by Crippen LogP contribution is 2.20. The smallest absolute Gasteiger partial charge is 0.331 e. The molecule has 67 heavy (non-hydrogen) atoms. The van der Waals surface area contributed by atoms with Crippen LogP contribution in [0, 0.1) is 0 Å². The summed E-state index contributed by atoms with van der Waals surface area (Å²) >= 11 is 0. The largest absolute Gasteiger partial charge is 0.375 e. The van der Waals surface area contributed by atoms with Crippen LogP contribution in [0.25, 0.3) is 28.9 Å². The Kier molecular flexibility index (Phi) is 12.6. The summed E-state index contributed by atoms with van der Waals surface area (Å²) in [5, 5.41) is 30.3. The lowest BCUT2D eigenvalue weighted by Crippen LogP contribution is -2.37. The molecule has 0 aliphatic rings. The monoisotopic (exact) mass is 896 g/mol. The summed E-state index contributed by atoms with van der Waals surface area (Å²) in [4.78, 5) is 60.3. The lowest BCUT2D eigenvalue weighted by atomic mass is 10.1. The average Bonchev–Trinajstić information content (AvgIpc) is 4.12. The highest BCUT2D eigenvalue weighted by Gasteiger charge is 2.37. The molecule has 5 N–H and O–H groups in total. The van der Waals surface area contributed by atoms with Gasteiger partial charge in [0.15, 0.2) is 5.82 Å². The number of nitrogens with one attached hydrogen (secondary N) is 5. The fraction of sp³-hybridized carbons (Fsp3) is 0.156. The predicted octanol–water partition coefficient (Wildman–Crippen LogP) is 2.45. The van der Waals surface area contributed by atoms with Crippen LogP contribution in [0.5, 0.6) is 0 Å². The first-order valence-corrected chi connectivity index (χ1v) is 21.0. The number of amides is 2. The summed E-state index contributed by atoms with van der Waals surface area (Å²) in [6.45, 7) is 1.08. The number of aromatic nitrogens is 15. The zero-order valence-electron chi connectivity index (χ0n) is 36.6. The van der Waals surface area contributed by atoms with Gasteiger partial charge in [0, 0.05) is 78.6 Å². The van der Waals surface area contributed by atoms with Crippen molar-refractivity contribution in [3.63, 3.8) is 0 Å². The third kappa shape index (κ3) is 9.48. The molecule has 0 bridgehead atoms. The van der Waals surface area contributed by atoms with Crippen molar-refractivity contribution in [2.45, 2.75) is 26.2 Å². The molecule has 0 radical (unpaired) electrons. The SMILES string of the molecule is CNc1ncccc1CNC(=O)c1cccc(NCc2nn(-n3nc(CNc4cccc(C(=O)NCc5cccnc5-n5cncn5)c4)[n+](C)c3-c3ccncn3)c(-c3ccncn3)[n+]2C)c1. The maximum absolute atomic E-state index is 13.4. The van der Waals surface area contributed by atoms with Gasteiger partial charge >= 0.3 is 23.3 Å². The molecule has 7 aromatic heterocycles. The number of pyridine rings is 2. The standard InChI is InChI=1S/C45H42N20O2/c1-46-40-32(10-6-16-50-40)22-54-42(66)30-8-4-12-34(20-30)52-24-38-59-64(44(61(38)2)36-14-18-47-26-56-36)65-45(37-15-19-48-27-57-37)62(3)39(60-65)25-53-35-13-5-9-31(21-35)43(67)55-23-33-11-7-17-51-41(33)63-29-49-28-58-63/h4-21,26-29,52-53H,22-25H2,1-3H3,(H-2,46,50,54,55,66,67)/p+2. The lowest BCUT2D eigenvalue weighted by Gasteiger charge is -2.10. The number of carbonyl (C=O) groups excluding carboxylic acids is 2. The Morgan fingerprint density at radius 3 is 1.66 bits per heavy atom. The second kappa shape index (κ2) is 19.6. The zero-order valence-corrected chi connectivity index (χ0v) is 36.6. The summed E-state index contributed by atoms with van der Waals surface area (Å²) in [5.41, 5.74) is 5.20. The van der Waals surface area contributed by atoms with Gasteiger partial charge in [-0.2, -0.15) is 5.10 Å². The van der Waals surface area contributed by atoms with E-state index < -0.39 is 0 Å². The molecule has 9 aromatic rings. The molecule has 7 heterocycles. The van der Waals surface area contributed by atoms with E-state index in [1.165, 1.54) is 19.0 Å². The number of benzene rings is 2. The van der Waals surface area contributed by atoms with Crippen LogP contribution in [0.2, 0.25) is 0 Å². The number of anilines is 3. The fourth-order valence-electron chi connectivity index (χ4n) is 7.28. The van der Waals surface area contributed by atoms with Crippen molar-refractivity contribution in [3.8, 4) is 28.9 Å². The molecule has 0 aliphatic carbocycles. The van der Waals surface area contributed by atoms with Gasteiger partial charge in [0.05, 0.1) is 33.9 Å². The molecular formula is C45H44N20O2+2. The number of carbonyl (C=O) groups is 2. The summed E-state index contributed by atoms with van der Waals surface area (Å²) in [5.74, 6) is 3.24. The van der Waals surface area contributed by atoms with Crippen LogP contribution in [-0.2, 0) is 40.3 Å². The maximum Gasteiger partial charge on any atom is 0.331 e. The van der Waals surface area contributed by atoms with E-state index in [1.54, 1.807) is 94.9 Å². The molecule has 0 atom stereocenters. The highest BCUT2D eigenvalue weighted by atomic mass is 16.2. The second-order valence-electron chi connectivity index (χ2n) is 14.9. The molecular weight excluding hydrogens is 853 g/mol. The van der Waals surface area contributed by atoms with Crippen LogP contribution < -0.4 is 35.7 Å². The van der Waals surface area contributed by atoms with Crippen molar-refractivity contribution in [3.05, 3.63) is 169 Å². The topological polar surface area (TPSA) is 246 Å². The molecule has 0 fully saturated rings. The molecule has 0 saturated carbocycles. The van der Waals surface area contributed by atoms with Crippen molar-refractivity contribution in [1.82, 2.24) is 75.1 Å². The van der Waals surface area contributed by atoms with Gasteiger partial charge < -0.3 is 26.6 Å². The second-order valence-corrected chi connectivity index (χ2v) is 14.9. The van der Waals surface area contributed by atoms with E-state index in [-0.39, 0.29) is 31.4 Å². The van der Waals surface area contributed by atoms with Crippen molar-refractivity contribution >= 4 is 29.0 Å². The first-order chi connectivity index (χ1) is 32.8. The first kappa shape index (κ1) is 42.9. The first-order valence-electron chi connectivity index (χ1n) is 21.0. The average molecular weight is 897 g/mol. The van der Waals surface area contributed by atoms with Gasteiger partial charge in [-0.3, -0.25) is 9.59 Å². The molecule has 2 aromatic carbocycles. The van der Waals surface area contributed by atoms with Gasteiger partial charge in [0.2, 0.25) is 0 Å². The minimum atomic E-state index is -0.259. The highest BCUT2D eigenvalue weighted by molar-refractivity contribution is 5.95. The van der Waals surface area contributed by atoms with E-state index >= 15 is 0 Å². The summed E-state index contributed by atoms with van der Waals surface area (Å²) in [6, 6.07) is 25.5. The van der Waals surface area contributed by atoms with Crippen LogP contribution in [0.4, 0.5) is 17.2 Å². The summed E-state index contributed by atoms with van der Waals surface area (Å²) < 4.78 is 5.39. The normalized spacial score (nSPS) is 11.0. The van der Waals surface area contributed by atoms with Crippen LogP contribution >= 0.6 is 0 Å². The number of hydrogen-bond acceptors (Lipinski definition) is 15. The van der Waals surface area contributed by atoms with Gasteiger partial charge in [-0.15, -0.1) is 0 Å². The predicted molar refractivity (Wildman–Crippen MR) is 242 cm³/mol. The van der Waals surface area contributed by atoms with Crippen molar-refractivity contribution < 1.29 is 18.7 Å². The minimum Gasteiger partial charge on any atom is -0.375 e. The Bertz CT molecular complexity index is 3150. The summed E-state index contributed by atoms with van der Waals surface area (Å²) in [7, 11) is 5.58. The van der Waals surface area contributed by atoms with E-state index in [0.29, 0.717) is 69.7 Å². The van der Waals surface area contributed by atoms with Crippen LogP contribution in [-0.4, -0.2) is 83.3 Å². The van der Waals surface area contributed by atoms with E-state index in [4.69, 9.17) is 10.2 Å². The van der Waals surface area contributed by atoms with Crippen molar-refractivity contribution in [2.75, 3.05) is 23.0 Å². The molecule has 9 rings (SSSR count). The van der Waals surface area contributed by atoms with Gasteiger partial charge in [-0.1, -0.05) is 24.3 Å². The van der Waals surface area contributed by atoms with E-state index in [2.05, 4.69) is 66.6 Å². The molecule has 0 aliphatic heterocycles. The van der Waals surface area contributed by atoms with Gasteiger partial charge in [-0.05, 0) is 60.7 Å². The zero-order chi connectivity index (χ0) is 46.1. The molecule has 0 unspecified atom stereocenters. The van der Waals surface area contributed by atoms with Crippen LogP contribution in [0.1, 0.15) is 43.5 Å². The van der Waals surface area contributed by atoms with E-state index in [1.807, 2.05) is 65.7 Å². The van der Waals surface area contributed by atoms with Gasteiger partial charge in [0.1, 0.15) is 55.6 Å². The molecule has 22 heteroatoms. The van der Waals surface area contributed by atoms with Gasteiger partial charge in [-0.25, -0.2) is 48.7 Å². The molecule has 334 valence electrons. The molecule has 0 saturated heterocycles. The Morgan fingerprint density at radius 1 is 0.582 bits per heavy atom. The molecule has 0 spiro atoms. The Morgan fingerprint density at radius 2 is 1.13 bits per heavy atom. The number of rotatable bonds is 17. The Labute approximate surface area is 382 Å². The quantitative estimate of drug-likeness (QED) is 0.0825. The Hall–Kier alpha value is -9.34. The van der Waals surface area contributed by atoms with Crippen LogP contribution in [0.3, 0.4) is 0 Å². The Balaban J connectivity index is 0.963. The van der Waals surface area contributed by atoms with Crippen molar-refractivity contribution in [2.24, 2.45) is 14.1 Å². The maximum atomic E-state index is 13.4. The molecule has 2 amide bonds. The van der Waals surface area contributed by atoms with E-state index in [0.717, 1.165) is 16.8 Å². The third-order valence-electron chi connectivity index (χ3n) is 10.7. The van der Waals surface area contributed by atoms with Crippen LogP contribution in [0.15, 0.2) is 135 Å². The lowest BCUT2D eigenvalue weighted by molar-refractivity contribution is -0.670. The van der Waals surface area contributed by atoms with E-state index in [9.17, 15) is 9.59 Å². The number of hydrogen-bond donors (Lipinski definition) is 5. The third-order valence-corrected chi connectivity index (χ3v) is 10.7. The summed E-state index contributed by atoms with van der Waals surface area (Å²) in [6.07, 6.45) is 12.6. The number of nitrogens with zero attached hydrogens (tertiary/aromatic N) is 15. The molecule has 22 nitrogen and oxygen atoms in total. The minimum absolute atomic E-state index is 0.224. The van der Waals surface area contributed by atoms with Gasteiger partial charge in [0.25, 0.3) is 11.8 Å². The fourth-order valence-corrected chi connectivity index (χ4v) is 7.28.